The molecule has 0 aromatic heterocycles. The van der Waals surface area contributed by atoms with Gasteiger partial charge >= 0.3 is 11.9 Å². The highest BCUT2D eigenvalue weighted by atomic mass is 16.5. The third kappa shape index (κ3) is 14.0. The largest absolute Gasteiger partial charge is 0.489 e. The molecule has 5 atom stereocenters. The first-order valence-corrected chi connectivity index (χ1v) is 18.8. The summed E-state index contributed by atoms with van der Waals surface area (Å²) in [6.45, 7) is 4.31. The minimum Gasteiger partial charge on any atom is -0.489 e. The summed E-state index contributed by atoms with van der Waals surface area (Å²) >= 11 is 0. The number of hydrogen-bond acceptors (Lipinski definition) is 9. The van der Waals surface area contributed by atoms with E-state index in [9.17, 15) is 43.8 Å². The Morgan fingerprint density at radius 2 is 1.62 bits per heavy atom. The maximum absolute atomic E-state index is 14.3. The number of piperidine rings is 1. The van der Waals surface area contributed by atoms with Crippen molar-refractivity contribution in [2.45, 2.75) is 109 Å². The monoisotopic (exact) mass is 781 g/mol. The predicted molar refractivity (Wildman–Crippen MR) is 204 cm³/mol. The van der Waals surface area contributed by atoms with Crippen LogP contribution in [0.5, 0.6) is 5.75 Å². The lowest BCUT2D eigenvalue weighted by molar-refractivity contribution is -0.147. The lowest BCUT2D eigenvalue weighted by Gasteiger charge is -2.42. The van der Waals surface area contributed by atoms with Crippen molar-refractivity contribution in [3.05, 3.63) is 65.7 Å². The number of rotatable bonds is 22. The molecule has 0 aliphatic carbocycles. The number of nitrogens with two attached hydrogens (primary N) is 1. The Morgan fingerprint density at radius 1 is 0.946 bits per heavy atom. The second kappa shape index (κ2) is 22.1. The number of ether oxygens (including phenoxy) is 2. The van der Waals surface area contributed by atoms with Gasteiger partial charge < -0.3 is 45.9 Å². The predicted octanol–water partition coefficient (Wildman–Crippen LogP) is 2.26. The molecule has 1 aliphatic heterocycles. The van der Waals surface area contributed by atoms with Crippen molar-refractivity contribution >= 4 is 41.5 Å². The smallest absolute Gasteiger partial charge is 0.326 e. The van der Waals surface area contributed by atoms with Crippen LogP contribution in [0.2, 0.25) is 0 Å². The van der Waals surface area contributed by atoms with Crippen molar-refractivity contribution in [3.8, 4) is 5.75 Å². The van der Waals surface area contributed by atoms with E-state index < -0.39 is 78.7 Å². The molecule has 16 heteroatoms. The molecule has 1 aliphatic rings. The molecule has 5 amide bonds. The van der Waals surface area contributed by atoms with Gasteiger partial charge in [-0.15, -0.1) is 0 Å². The van der Waals surface area contributed by atoms with Gasteiger partial charge in [0.2, 0.25) is 29.5 Å². The number of carbonyl (C=O) groups excluding carboxylic acids is 5. The second-order valence-corrected chi connectivity index (χ2v) is 14.4. The lowest BCUT2D eigenvalue weighted by atomic mass is 9.93. The van der Waals surface area contributed by atoms with Crippen LogP contribution in [-0.4, -0.2) is 112 Å². The standard InChI is InChI=1S/C40H55N5O11/c1-25(2)21-31(44(3)36(48)22-27-13-8-9-14-32(27)56-24-26-11-6-5-7-12-26)38(51)43-28(16-19-37(49)50)39(52)45-20-10-15-33(55-4)30(45)17-18-35(47)42-29(40(53)54)23-34(41)46/h5-9,11-14,25,28-31,33H,10,15-24H2,1-4H3,(H2,41,46)(H,42,47)(H,43,51)(H,49,50)(H,53,54)/t28-,29-,30-,31+,33-/m0/s1. The van der Waals surface area contributed by atoms with Gasteiger partial charge in [0.1, 0.15) is 30.5 Å². The molecule has 2 aromatic rings. The molecule has 0 radical (unpaired) electrons. The van der Waals surface area contributed by atoms with Gasteiger partial charge in [0, 0.05) is 39.1 Å². The Morgan fingerprint density at radius 3 is 2.25 bits per heavy atom. The van der Waals surface area contributed by atoms with E-state index in [-0.39, 0.29) is 50.5 Å². The summed E-state index contributed by atoms with van der Waals surface area (Å²) in [4.78, 5) is 92.3. The molecule has 0 unspecified atom stereocenters. The van der Waals surface area contributed by atoms with E-state index in [1.54, 1.807) is 24.3 Å². The normalized spacial score (nSPS) is 16.9. The Bertz CT molecular complexity index is 1670. The highest BCUT2D eigenvalue weighted by Gasteiger charge is 2.39. The number of para-hydroxylation sites is 1. The Hall–Kier alpha value is -5.51. The molecule has 306 valence electrons. The fraction of sp³-hybridized carbons (Fsp3) is 0.525. The van der Waals surface area contributed by atoms with Crippen LogP contribution >= 0.6 is 0 Å². The number of hydrogen-bond donors (Lipinski definition) is 5. The van der Waals surface area contributed by atoms with Crippen molar-refractivity contribution in [1.82, 2.24) is 20.4 Å². The minimum atomic E-state index is -1.52. The molecule has 1 heterocycles. The summed E-state index contributed by atoms with van der Waals surface area (Å²) < 4.78 is 11.7. The topological polar surface area (TPSA) is 235 Å². The van der Waals surface area contributed by atoms with Crippen molar-refractivity contribution in [2.75, 3.05) is 20.7 Å². The number of likely N-dealkylation sites (tertiary alicyclic amines) is 1. The maximum Gasteiger partial charge on any atom is 0.326 e. The Labute approximate surface area is 327 Å². The minimum absolute atomic E-state index is 0.0422. The first kappa shape index (κ1) is 44.9. The van der Waals surface area contributed by atoms with Gasteiger partial charge in [0.05, 0.1) is 25.0 Å². The van der Waals surface area contributed by atoms with E-state index in [1.807, 2.05) is 44.2 Å². The number of methoxy groups -OCH3 is 1. The molecule has 1 fully saturated rings. The number of amides is 5. The Kier molecular flexibility index (Phi) is 17.7. The zero-order valence-electron chi connectivity index (χ0n) is 32.5. The average molecular weight is 782 g/mol. The van der Waals surface area contributed by atoms with Gasteiger partial charge in [-0.25, -0.2) is 4.79 Å². The van der Waals surface area contributed by atoms with Gasteiger partial charge in [0.15, 0.2) is 0 Å². The molecule has 1 saturated heterocycles. The zero-order valence-corrected chi connectivity index (χ0v) is 32.5. The third-order valence-corrected chi connectivity index (χ3v) is 9.68. The van der Waals surface area contributed by atoms with Gasteiger partial charge in [-0.1, -0.05) is 62.4 Å². The van der Waals surface area contributed by atoms with Crippen LogP contribution in [0, 0.1) is 5.92 Å². The van der Waals surface area contributed by atoms with Gasteiger partial charge in [0.25, 0.3) is 0 Å². The summed E-state index contributed by atoms with van der Waals surface area (Å²) in [6, 6.07) is 12.2. The molecule has 6 N–H and O–H groups in total. The van der Waals surface area contributed by atoms with Gasteiger partial charge in [-0.2, -0.15) is 0 Å². The first-order valence-electron chi connectivity index (χ1n) is 18.8. The van der Waals surface area contributed by atoms with Crippen LogP contribution < -0.4 is 21.1 Å². The highest BCUT2D eigenvalue weighted by molar-refractivity contribution is 5.93. The molecule has 3 rings (SSSR count). The number of carboxylic acid groups (broad SMARTS) is 2. The van der Waals surface area contributed by atoms with E-state index in [4.69, 9.17) is 15.2 Å². The summed E-state index contributed by atoms with van der Waals surface area (Å²) in [6.07, 6.45) is -0.738. The zero-order chi connectivity index (χ0) is 41.4. The average Bonchev–Trinajstić information content (AvgIpc) is 3.16. The molecular weight excluding hydrogens is 726 g/mol. The van der Waals surface area contributed by atoms with E-state index in [2.05, 4.69) is 10.6 Å². The molecule has 0 spiro atoms. The van der Waals surface area contributed by atoms with Gasteiger partial charge in [-0.05, 0) is 49.7 Å². The number of carbonyl (C=O) groups is 7. The molecular formula is C40H55N5O11. The Balaban J connectivity index is 1.80. The number of nitrogens with one attached hydrogen (secondary N) is 2. The van der Waals surface area contributed by atoms with E-state index in [1.165, 1.54) is 24.0 Å². The summed E-state index contributed by atoms with van der Waals surface area (Å²) in [7, 11) is 2.98. The van der Waals surface area contributed by atoms with Crippen LogP contribution in [0.1, 0.15) is 76.3 Å². The maximum atomic E-state index is 14.3. The van der Waals surface area contributed by atoms with Crippen LogP contribution in [0.3, 0.4) is 0 Å². The number of carboxylic acids is 2. The number of likely N-dealkylation sites (N-methyl/N-ethyl adjacent to an activating group) is 1. The van der Waals surface area contributed by atoms with E-state index in [0.29, 0.717) is 30.8 Å². The summed E-state index contributed by atoms with van der Waals surface area (Å²) in [5.74, 6) is -5.29. The molecule has 16 nitrogen and oxygen atoms in total. The molecule has 0 saturated carbocycles. The quantitative estimate of drug-likeness (QED) is 0.116. The van der Waals surface area contributed by atoms with Crippen molar-refractivity contribution in [1.29, 1.82) is 0 Å². The van der Waals surface area contributed by atoms with E-state index >= 15 is 0 Å². The van der Waals surface area contributed by atoms with Crippen molar-refractivity contribution in [2.24, 2.45) is 11.7 Å². The van der Waals surface area contributed by atoms with Crippen LogP contribution in [0.15, 0.2) is 54.6 Å². The van der Waals surface area contributed by atoms with Crippen molar-refractivity contribution < 1.29 is 53.2 Å². The van der Waals surface area contributed by atoms with Crippen LogP contribution in [0.4, 0.5) is 0 Å². The van der Waals surface area contributed by atoms with Crippen molar-refractivity contribution in [3.63, 3.8) is 0 Å². The number of nitrogens with zero attached hydrogens (tertiary/aromatic N) is 2. The van der Waals surface area contributed by atoms with Crippen LogP contribution in [0.25, 0.3) is 0 Å². The van der Waals surface area contributed by atoms with Gasteiger partial charge in [-0.3, -0.25) is 28.8 Å². The molecule has 2 aromatic carbocycles. The molecule has 0 bridgehead atoms. The highest BCUT2D eigenvalue weighted by Crippen LogP contribution is 2.26. The summed E-state index contributed by atoms with van der Waals surface area (Å²) in [5, 5.41) is 24.0. The number of primary amides is 1. The fourth-order valence-electron chi connectivity index (χ4n) is 6.73. The van der Waals surface area contributed by atoms with Crippen LogP contribution in [-0.2, 0) is 51.3 Å². The second-order valence-electron chi connectivity index (χ2n) is 14.4. The molecule has 56 heavy (non-hydrogen) atoms. The fourth-order valence-corrected chi connectivity index (χ4v) is 6.73. The summed E-state index contributed by atoms with van der Waals surface area (Å²) in [5.41, 5.74) is 6.71. The number of benzene rings is 2. The SMILES string of the molecule is CO[C@H]1CCCN(C(=O)[C@H](CCC(=O)O)NC(=O)[C@@H](CC(C)C)N(C)C(=O)Cc2ccccc2OCc2ccccc2)[C@H]1CCC(=O)N[C@@H](CC(N)=O)C(=O)O. The lowest BCUT2D eigenvalue weighted by Crippen LogP contribution is -2.59. The third-order valence-electron chi connectivity index (χ3n) is 9.68. The first-order chi connectivity index (χ1) is 26.6. The van der Waals surface area contributed by atoms with E-state index in [0.717, 1.165) is 5.56 Å². The number of aliphatic carboxylic acids is 2.